The number of aliphatic carboxylic acids is 1. The van der Waals surface area contributed by atoms with Gasteiger partial charge in [-0.25, -0.2) is 0 Å². The lowest BCUT2D eigenvalue weighted by Gasteiger charge is -2.11. The first-order valence-electron chi connectivity index (χ1n) is 4.53. The molecule has 0 saturated heterocycles. The minimum Gasteiger partial charge on any atom is -0.481 e. The lowest BCUT2D eigenvalue weighted by Crippen LogP contribution is -2.11. The quantitative estimate of drug-likeness (QED) is 0.882. The second-order valence-electron chi connectivity index (χ2n) is 3.99. The SMILES string of the molecule is CC1(c2ccccc2Br)CC1C(=O)O. The van der Waals surface area contributed by atoms with E-state index in [0.29, 0.717) is 0 Å². The highest BCUT2D eigenvalue weighted by molar-refractivity contribution is 9.10. The van der Waals surface area contributed by atoms with Gasteiger partial charge in [0.2, 0.25) is 0 Å². The van der Waals surface area contributed by atoms with Crippen LogP contribution in [0.5, 0.6) is 0 Å². The molecular formula is C11H11BrO2. The zero-order valence-electron chi connectivity index (χ0n) is 7.83. The van der Waals surface area contributed by atoms with Crippen LogP contribution in [0.2, 0.25) is 0 Å². The third kappa shape index (κ3) is 1.36. The molecule has 0 aromatic heterocycles. The molecule has 0 radical (unpaired) electrons. The van der Waals surface area contributed by atoms with Crippen molar-refractivity contribution in [3.63, 3.8) is 0 Å². The van der Waals surface area contributed by atoms with Gasteiger partial charge in [0.05, 0.1) is 5.92 Å². The molecule has 1 N–H and O–H groups in total. The van der Waals surface area contributed by atoms with Gasteiger partial charge in [-0.05, 0) is 18.1 Å². The van der Waals surface area contributed by atoms with E-state index in [1.165, 1.54) is 0 Å². The van der Waals surface area contributed by atoms with Gasteiger partial charge in [0.1, 0.15) is 0 Å². The Hall–Kier alpha value is -0.830. The second-order valence-corrected chi connectivity index (χ2v) is 4.85. The normalized spacial score (nSPS) is 30.0. The maximum Gasteiger partial charge on any atom is 0.307 e. The van der Waals surface area contributed by atoms with Gasteiger partial charge >= 0.3 is 5.97 Å². The highest BCUT2D eigenvalue weighted by atomic mass is 79.9. The van der Waals surface area contributed by atoms with Gasteiger partial charge in [-0.2, -0.15) is 0 Å². The molecule has 1 fully saturated rings. The zero-order chi connectivity index (χ0) is 10.3. The summed E-state index contributed by atoms with van der Waals surface area (Å²) in [6.45, 7) is 2.01. The summed E-state index contributed by atoms with van der Waals surface area (Å²) in [5.74, 6) is -0.913. The van der Waals surface area contributed by atoms with Crippen molar-refractivity contribution in [2.24, 2.45) is 5.92 Å². The summed E-state index contributed by atoms with van der Waals surface area (Å²) in [5, 5.41) is 8.93. The molecule has 2 unspecified atom stereocenters. The molecule has 0 spiro atoms. The molecule has 0 heterocycles. The van der Waals surface area contributed by atoms with Crippen molar-refractivity contribution in [1.82, 2.24) is 0 Å². The predicted molar refractivity (Wildman–Crippen MR) is 57.2 cm³/mol. The van der Waals surface area contributed by atoms with Crippen LogP contribution in [0.1, 0.15) is 18.9 Å². The number of carbonyl (C=O) groups is 1. The minimum absolute atomic E-state index is 0.175. The predicted octanol–water partition coefficient (Wildman–Crippen LogP) is 2.81. The number of halogens is 1. The molecule has 14 heavy (non-hydrogen) atoms. The molecule has 2 atom stereocenters. The Morgan fingerprint density at radius 1 is 1.57 bits per heavy atom. The Kier molecular flexibility index (Phi) is 2.14. The summed E-state index contributed by atoms with van der Waals surface area (Å²) in [4.78, 5) is 10.8. The van der Waals surface area contributed by atoms with Gasteiger partial charge in [-0.3, -0.25) is 4.79 Å². The van der Waals surface area contributed by atoms with Crippen molar-refractivity contribution in [3.05, 3.63) is 34.3 Å². The molecule has 1 aliphatic carbocycles. The lowest BCUT2D eigenvalue weighted by atomic mass is 9.96. The standard InChI is InChI=1S/C11H11BrO2/c1-11(6-8(11)10(13)14)7-4-2-3-5-9(7)12/h2-5,8H,6H2,1H3,(H,13,14). The van der Waals surface area contributed by atoms with Gasteiger partial charge in [0.15, 0.2) is 0 Å². The third-order valence-electron chi connectivity index (χ3n) is 3.02. The number of carboxylic acid groups (broad SMARTS) is 1. The smallest absolute Gasteiger partial charge is 0.307 e. The van der Waals surface area contributed by atoms with Crippen molar-refractivity contribution < 1.29 is 9.90 Å². The first-order valence-corrected chi connectivity index (χ1v) is 5.33. The minimum atomic E-state index is -0.691. The van der Waals surface area contributed by atoms with Gasteiger partial charge in [0.25, 0.3) is 0 Å². The van der Waals surface area contributed by atoms with Crippen LogP contribution in [-0.4, -0.2) is 11.1 Å². The van der Waals surface area contributed by atoms with Crippen LogP contribution >= 0.6 is 15.9 Å². The number of benzene rings is 1. The first kappa shape index (κ1) is 9.71. The number of carboxylic acids is 1. The zero-order valence-corrected chi connectivity index (χ0v) is 9.41. The molecule has 1 aromatic rings. The average molecular weight is 255 g/mol. The summed E-state index contributed by atoms with van der Waals surface area (Å²) in [6.07, 6.45) is 0.741. The second kappa shape index (κ2) is 3.09. The Labute approximate surface area is 91.1 Å². The fourth-order valence-corrected chi connectivity index (χ4v) is 2.68. The van der Waals surface area contributed by atoms with Gasteiger partial charge in [-0.1, -0.05) is 41.1 Å². The van der Waals surface area contributed by atoms with Crippen LogP contribution in [0.4, 0.5) is 0 Å². The van der Waals surface area contributed by atoms with Crippen LogP contribution in [0, 0.1) is 5.92 Å². The molecular weight excluding hydrogens is 244 g/mol. The molecule has 1 saturated carbocycles. The highest BCUT2D eigenvalue weighted by Crippen LogP contribution is 2.55. The maximum atomic E-state index is 10.8. The van der Waals surface area contributed by atoms with E-state index in [0.717, 1.165) is 16.5 Å². The summed E-state index contributed by atoms with van der Waals surface area (Å²) >= 11 is 3.46. The molecule has 1 aliphatic rings. The van der Waals surface area contributed by atoms with E-state index < -0.39 is 5.97 Å². The Morgan fingerprint density at radius 3 is 2.71 bits per heavy atom. The van der Waals surface area contributed by atoms with Gasteiger partial charge in [0, 0.05) is 9.89 Å². The molecule has 0 bridgehead atoms. The van der Waals surface area contributed by atoms with E-state index in [4.69, 9.17) is 5.11 Å². The average Bonchev–Trinajstić information content (AvgIpc) is 2.80. The summed E-state index contributed by atoms with van der Waals surface area (Å²) < 4.78 is 1.01. The van der Waals surface area contributed by atoms with E-state index in [-0.39, 0.29) is 11.3 Å². The highest BCUT2D eigenvalue weighted by Gasteiger charge is 2.56. The van der Waals surface area contributed by atoms with Gasteiger partial charge in [-0.15, -0.1) is 0 Å². The van der Waals surface area contributed by atoms with E-state index in [2.05, 4.69) is 15.9 Å². The molecule has 3 heteroatoms. The summed E-state index contributed by atoms with van der Waals surface area (Å²) in [6, 6.07) is 7.84. The molecule has 1 aromatic carbocycles. The first-order chi connectivity index (χ1) is 6.55. The fourth-order valence-electron chi connectivity index (χ4n) is 1.95. The number of hydrogen-bond donors (Lipinski definition) is 1. The van der Waals surface area contributed by atoms with Crippen molar-refractivity contribution in [3.8, 4) is 0 Å². The van der Waals surface area contributed by atoms with Crippen LogP contribution < -0.4 is 0 Å². The van der Waals surface area contributed by atoms with E-state index in [1.54, 1.807) is 0 Å². The largest absolute Gasteiger partial charge is 0.481 e. The van der Waals surface area contributed by atoms with Crippen LogP contribution in [0.3, 0.4) is 0 Å². The third-order valence-corrected chi connectivity index (χ3v) is 3.72. The van der Waals surface area contributed by atoms with Crippen LogP contribution in [0.15, 0.2) is 28.7 Å². The lowest BCUT2D eigenvalue weighted by molar-refractivity contribution is -0.138. The van der Waals surface area contributed by atoms with E-state index >= 15 is 0 Å². The molecule has 2 nitrogen and oxygen atoms in total. The van der Waals surface area contributed by atoms with Crippen molar-refractivity contribution in [2.45, 2.75) is 18.8 Å². The fraction of sp³-hybridized carbons (Fsp3) is 0.364. The monoisotopic (exact) mass is 254 g/mol. The van der Waals surface area contributed by atoms with Crippen LogP contribution in [0.25, 0.3) is 0 Å². The topological polar surface area (TPSA) is 37.3 Å². The maximum absolute atomic E-state index is 10.8. The molecule has 74 valence electrons. The Morgan fingerprint density at radius 2 is 2.21 bits per heavy atom. The molecule has 0 aliphatic heterocycles. The van der Waals surface area contributed by atoms with E-state index in [9.17, 15) is 4.79 Å². The van der Waals surface area contributed by atoms with Crippen molar-refractivity contribution in [1.29, 1.82) is 0 Å². The molecule has 0 amide bonds. The Bertz CT molecular complexity index is 389. The Balaban J connectivity index is 2.34. The number of rotatable bonds is 2. The number of hydrogen-bond acceptors (Lipinski definition) is 1. The van der Waals surface area contributed by atoms with Crippen LogP contribution in [-0.2, 0) is 10.2 Å². The van der Waals surface area contributed by atoms with E-state index in [1.807, 2.05) is 31.2 Å². The van der Waals surface area contributed by atoms with Crippen molar-refractivity contribution in [2.75, 3.05) is 0 Å². The molecule has 2 rings (SSSR count). The van der Waals surface area contributed by atoms with Crippen molar-refractivity contribution >= 4 is 21.9 Å². The van der Waals surface area contributed by atoms with Gasteiger partial charge < -0.3 is 5.11 Å². The summed E-state index contributed by atoms with van der Waals surface area (Å²) in [5.41, 5.74) is 0.929. The summed E-state index contributed by atoms with van der Waals surface area (Å²) in [7, 11) is 0.